The van der Waals surface area contributed by atoms with Crippen molar-refractivity contribution in [3.05, 3.63) is 35.9 Å². The fraction of sp³-hybridized carbons (Fsp3) is 0.462. The molecule has 0 aliphatic heterocycles. The number of carbonyl (C=O) groups excluding carboxylic acids is 1. The molecule has 1 rings (SSSR count). The van der Waals surface area contributed by atoms with Crippen molar-refractivity contribution >= 4 is 21.7 Å². The van der Waals surface area contributed by atoms with Crippen LogP contribution in [0.1, 0.15) is 24.2 Å². The number of hydrogen-bond acceptors (Lipinski definition) is 2. The maximum absolute atomic E-state index is 12.1. The van der Waals surface area contributed by atoms with Crippen molar-refractivity contribution in [1.29, 1.82) is 0 Å². The van der Waals surface area contributed by atoms with Crippen molar-refractivity contribution in [1.82, 2.24) is 0 Å². The normalized spacial score (nSPS) is 14.8. The maximum atomic E-state index is 12.1. The molecule has 0 unspecified atom stereocenters. The van der Waals surface area contributed by atoms with Crippen LogP contribution >= 0.6 is 15.9 Å². The second-order valence-corrected chi connectivity index (χ2v) is 5.06. The number of ketones is 1. The minimum atomic E-state index is -0.292. The third kappa shape index (κ3) is 3.16. The molecule has 0 aromatic heterocycles. The second-order valence-electron chi connectivity index (χ2n) is 4.08. The minimum absolute atomic E-state index is 0.0705. The number of benzene rings is 1. The average Bonchev–Trinajstić information content (AvgIpc) is 2.29. The quantitative estimate of drug-likeness (QED) is 0.613. The summed E-state index contributed by atoms with van der Waals surface area (Å²) in [6.45, 7) is 4.08. The molecule has 2 nitrogen and oxygen atoms in total. The highest BCUT2D eigenvalue weighted by Gasteiger charge is 2.28. The molecule has 3 heteroatoms. The first-order valence-electron chi connectivity index (χ1n) is 5.34. The van der Waals surface area contributed by atoms with Crippen molar-refractivity contribution in [3.63, 3.8) is 0 Å². The summed E-state index contributed by atoms with van der Waals surface area (Å²) in [6, 6.07) is 9.28. The topological polar surface area (TPSA) is 26.3 Å². The lowest BCUT2D eigenvalue weighted by molar-refractivity contribution is 0.0566. The summed E-state index contributed by atoms with van der Waals surface area (Å²) < 4.78 is 5.35. The van der Waals surface area contributed by atoms with Crippen LogP contribution in [0.15, 0.2) is 30.3 Å². The van der Waals surface area contributed by atoms with Gasteiger partial charge in [-0.25, -0.2) is 0 Å². The SMILES string of the molecule is CO[C@H](C(C)C)[C@@H](Br)C(=O)c1ccccc1. The summed E-state index contributed by atoms with van der Waals surface area (Å²) in [7, 11) is 1.64. The fourth-order valence-electron chi connectivity index (χ4n) is 1.64. The van der Waals surface area contributed by atoms with Crippen LogP contribution in [0, 0.1) is 5.92 Å². The van der Waals surface area contributed by atoms with E-state index in [1.165, 1.54) is 0 Å². The van der Waals surface area contributed by atoms with Crippen molar-refractivity contribution in [2.24, 2.45) is 5.92 Å². The van der Waals surface area contributed by atoms with E-state index in [0.29, 0.717) is 11.5 Å². The monoisotopic (exact) mass is 284 g/mol. The van der Waals surface area contributed by atoms with Crippen LogP contribution in [0.25, 0.3) is 0 Å². The largest absolute Gasteiger partial charge is 0.380 e. The Morgan fingerprint density at radius 1 is 1.25 bits per heavy atom. The zero-order chi connectivity index (χ0) is 12.1. The van der Waals surface area contributed by atoms with Gasteiger partial charge in [0.15, 0.2) is 5.78 Å². The van der Waals surface area contributed by atoms with Gasteiger partial charge in [0, 0.05) is 12.7 Å². The first kappa shape index (κ1) is 13.4. The van der Waals surface area contributed by atoms with Gasteiger partial charge in [0.25, 0.3) is 0 Å². The van der Waals surface area contributed by atoms with Gasteiger partial charge in [0.1, 0.15) is 4.83 Å². The predicted molar refractivity (Wildman–Crippen MR) is 69.1 cm³/mol. The molecule has 0 bridgehead atoms. The van der Waals surface area contributed by atoms with E-state index in [1.54, 1.807) is 7.11 Å². The van der Waals surface area contributed by atoms with Gasteiger partial charge in [-0.15, -0.1) is 0 Å². The molecule has 0 spiro atoms. The molecule has 1 aromatic rings. The highest BCUT2D eigenvalue weighted by atomic mass is 79.9. The summed E-state index contributed by atoms with van der Waals surface area (Å²) in [5, 5.41) is 0. The Labute approximate surface area is 105 Å². The van der Waals surface area contributed by atoms with E-state index in [1.807, 2.05) is 44.2 Å². The molecule has 1 aromatic carbocycles. The zero-order valence-corrected chi connectivity index (χ0v) is 11.4. The first-order chi connectivity index (χ1) is 7.57. The van der Waals surface area contributed by atoms with Crippen LogP contribution < -0.4 is 0 Å². The molecule has 0 saturated heterocycles. The van der Waals surface area contributed by atoms with Crippen LogP contribution in [0.2, 0.25) is 0 Å². The van der Waals surface area contributed by atoms with Crippen LogP contribution in [0.4, 0.5) is 0 Å². The summed E-state index contributed by atoms with van der Waals surface area (Å²) in [5.74, 6) is 0.364. The van der Waals surface area contributed by atoms with Crippen LogP contribution in [0.3, 0.4) is 0 Å². The van der Waals surface area contributed by atoms with Crippen molar-refractivity contribution in [2.75, 3.05) is 7.11 Å². The molecule has 0 fully saturated rings. The highest BCUT2D eigenvalue weighted by Crippen LogP contribution is 2.21. The Kier molecular flexibility index (Phi) is 5.16. The van der Waals surface area contributed by atoms with Crippen LogP contribution in [-0.2, 0) is 4.74 Å². The molecule has 0 aliphatic rings. The van der Waals surface area contributed by atoms with E-state index < -0.39 is 0 Å². The Balaban J connectivity index is 2.81. The number of Topliss-reactive ketones (excluding diaryl/α,β-unsaturated/α-hetero) is 1. The van der Waals surface area contributed by atoms with E-state index in [4.69, 9.17) is 4.74 Å². The van der Waals surface area contributed by atoms with Gasteiger partial charge in [-0.1, -0.05) is 60.1 Å². The van der Waals surface area contributed by atoms with E-state index in [0.717, 1.165) is 0 Å². The Hall–Kier alpha value is -0.670. The third-order valence-electron chi connectivity index (χ3n) is 2.53. The number of halogens is 1. The smallest absolute Gasteiger partial charge is 0.179 e. The Morgan fingerprint density at radius 3 is 2.25 bits per heavy atom. The molecular formula is C13H17BrO2. The molecule has 0 radical (unpaired) electrons. The predicted octanol–water partition coefficient (Wildman–Crippen LogP) is 3.30. The second kappa shape index (κ2) is 6.16. The van der Waals surface area contributed by atoms with Crippen molar-refractivity contribution in [2.45, 2.75) is 24.8 Å². The Bertz CT molecular complexity index is 335. The first-order valence-corrected chi connectivity index (χ1v) is 6.25. The summed E-state index contributed by atoms with van der Waals surface area (Å²) in [5.41, 5.74) is 0.715. The van der Waals surface area contributed by atoms with Gasteiger partial charge < -0.3 is 4.74 Å². The molecule has 0 N–H and O–H groups in total. The van der Waals surface area contributed by atoms with Crippen molar-refractivity contribution < 1.29 is 9.53 Å². The lowest BCUT2D eigenvalue weighted by atomic mass is 9.98. The molecule has 88 valence electrons. The highest BCUT2D eigenvalue weighted by molar-refractivity contribution is 9.10. The molecular weight excluding hydrogens is 268 g/mol. The van der Waals surface area contributed by atoms with Gasteiger partial charge in [0.05, 0.1) is 6.10 Å². The van der Waals surface area contributed by atoms with Gasteiger partial charge in [-0.2, -0.15) is 0 Å². The zero-order valence-electron chi connectivity index (χ0n) is 9.81. The molecule has 0 heterocycles. The maximum Gasteiger partial charge on any atom is 0.179 e. The van der Waals surface area contributed by atoms with Crippen LogP contribution in [-0.4, -0.2) is 23.8 Å². The number of ether oxygens (including phenoxy) is 1. The minimum Gasteiger partial charge on any atom is -0.380 e. The molecule has 0 saturated carbocycles. The van der Waals surface area contributed by atoms with E-state index >= 15 is 0 Å². The molecule has 0 amide bonds. The standard InChI is InChI=1S/C13H17BrO2/c1-9(2)13(16-3)11(14)12(15)10-7-5-4-6-8-10/h4-9,11,13H,1-3H3/t11-,13+/m0/s1. The van der Waals surface area contributed by atoms with Gasteiger partial charge in [-0.3, -0.25) is 4.79 Å². The van der Waals surface area contributed by atoms with Gasteiger partial charge in [-0.05, 0) is 5.92 Å². The Morgan fingerprint density at radius 2 is 1.81 bits per heavy atom. The number of rotatable bonds is 5. The third-order valence-corrected chi connectivity index (χ3v) is 3.46. The molecule has 16 heavy (non-hydrogen) atoms. The summed E-state index contributed by atoms with van der Waals surface area (Å²) in [4.78, 5) is 11.8. The lowest BCUT2D eigenvalue weighted by Crippen LogP contribution is -2.34. The number of carbonyl (C=O) groups is 1. The molecule has 0 aliphatic carbocycles. The summed E-state index contributed by atoms with van der Waals surface area (Å²) >= 11 is 3.43. The van der Waals surface area contributed by atoms with E-state index in [2.05, 4.69) is 15.9 Å². The molecule has 2 atom stereocenters. The van der Waals surface area contributed by atoms with Gasteiger partial charge >= 0.3 is 0 Å². The van der Waals surface area contributed by atoms with E-state index in [-0.39, 0.29) is 16.7 Å². The van der Waals surface area contributed by atoms with Crippen molar-refractivity contribution in [3.8, 4) is 0 Å². The van der Waals surface area contributed by atoms with E-state index in [9.17, 15) is 4.79 Å². The number of hydrogen-bond donors (Lipinski definition) is 0. The van der Waals surface area contributed by atoms with Gasteiger partial charge in [0.2, 0.25) is 0 Å². The lowest BCUT2D eigenvalue weighted by Gasteiger charge is -2.23. The van der Waals surface area contributed by atoms with Crippen LogP contribution in [0.5, 0.6) is 0 Å². The number of methoxy groups -OCH3 is 1. The fourth-order valence-corrected chi connectivity index (χ4v) is 2.73. The average molecular weight is 285 g/mol. The number of alkyl halides is 1. The summed E-state index contributed by atoms with van der Waals surface area (Å²) in [6.07, 6.45) is -0.104.